The number of benzene rings is 1. The summed E-state index contributed by atoms with van der Waals surface area (Å²) in [7, 11) is 0. The molecule has 0 radical (unpaired) electrons. The fourth-order valence-corrected chi connectivity index (χ4v) is 4.38. The number of rotatable bonds is 4. The molecule has 142 valence electrons. The van der Waals surface area contributed by atoms with Gasteiger partial charge in [0.25, 0.3) is 11.8 Å². The Kier molecular flexibility index (Phi) is 5.46. The molecule has 0 atom stereocenters. The molecule has 0 aliphatic carbocycles. The summed E-state index contributed by atoms with van der Waals surface area (Å²) in [6, 6.07) is 7.22. The Balaban J connectivity index is 1.89. The van der Waals surface area contributed by atoms with E-state index in [1.165, 1.54) is 11.3 Å². The number of ether oxygens (including phenoxy) is 1. The molecular formula is C19H21N3O4S. The molecule has 7 nitrogen and oxygen atoms in total. The second kappa shape index (κ2) is 7.79. The van der Waals surface area contributed by atoms with E-state index < -0.39 is 5.91 Å². The van der Waals surface area contributed by atoms with Crippen LogP contribution < -0.4 is 11.1 Å². The van der Waals surface area contributed by atoms with E-state index >= 15 is 0 Å². The van der Waals surface area contributed by atoms with Crippen LogP contribution >= 0.6 is 11.3 Å². The van der Waals surface area contributed by atoms with Crippen LogP contribution in [-0.4, -0.2) is 36.0 Å². The van der Waals surface area contributed by atoms with Gasteiger partial charge in [0.2, 0.25) is 0 Å². The Bertz CT molecular complexity index is 906. The van der Waals surface area contributed by atoms with Gasteiger partial charge in [0.15, 0.2) is 0 Å². The van der Waals surface area contributed by atoms with Crippen molar-refractivity contribution in [1.29, 1.82) is 0 Å². The third-order valence-electron chi connectivity index (χ3n) is 4.45. The average molecular weight is 387 g/mol. The molecule has 0 bridgehead atoms. The highest BCUT2D eigenvalue weighted by molar-refractivity contribution is 7.17. The standard InChI is InChI=1S/C19H21N3O4S/c1-3-26-19(25)22-9-8-13-14(10-22)27-18(15(13)16(20)23)21-17(24)12-7-5-4-6-11(12)2/h4-7H,3,8-10H2,1-2H3,(H2,20,23)(H,21,24). The molecule has 1 aliphatic rings. The van der Waals surface area contributed by atoms with Gasteiger partial charge in [-0.2, -0.15) is 0 Å². The first-order valence-electron chi connectivity index (χ1n) is 8.65. The number of carbonyl (C=O) groups is 3. The Hall–Kier alpha value is -2.87. The van der Waals surface area contributed by atoms with E-state index in [1.807, 2.05) is 19.1 Å². The molecule has 2 aromatic rings. The number of thiophene rings is 1. The van der Waals surface area contributed by atoms with Crippen molar-refractivity contribution in [3.8, 4) is 0 Å². The lowest BCUT2D eigenvalue weighted by Gasteiger charge is -2.26. The highest BCUT2D eigenvalue weighted by atomic mass is 32.1. The number of aryl methyl sites for hydroxylation is 1. The van der Waals surface area contributed by atoms with E-state index in [1.54, 1.807) is 24.0 Å². The van der Waals surface area contributed by atoms with Crippen LogP contribution in [0, 0.1) is 6.92 Å². The summed E-state index contributed by atoms with van der Waals surface area (Å²) in [5.74, 6) is -0.881. The van der Waals surface area contributed by atoms with Crippen LogP contribution in [0.2, 0.25) is 0 Å². The normalized spacial score (nSPS) is 13.0. The van der Waals surface area contributed by atoms with Crippen LogP contribution in [0.15, 0.2) is 24.3 Å². The van der Waals surface area contributed by atoms with Crippen LogP contribution in [0.1, 0.15) is 43.6 Å². The molecule has 0 unspecified atom stereocenters. The maximum atomic E-state index is 12.6. The van der Waals surface area contributed by atoms with Crippen molar-refractivity contribution in [2.45, 2.75) is 26.8 Å². The number of carbonyl (C=O) groups excluding carboxylic acids is 3. The van der Waals surface area contributed by atoms with Crippen molar-refractivity contribution >= 4 is 34.2 Å². The van der Waals surface area contributed by atoms with E-state index in [2.05, 4.69) is 5.32 Å². The zero-order valence-electron chi connectivity index (χ0n) is 15.2. The van der Waals surface area contributed by atoms with Crippen LogP contribution in [-0.2, 0) is 17.7 Å². The fraction of sp³-hybridized carbons (Fsp3) is 0.316. The summed E-state index contributed by atoms with van der Waals surface area (Å²) in [4.78, 5) is 39.1. The molecule has 3 N–H and O–H groups in total. The largest absolute Gasteiger partial charge is 0.450 e. The molecule has 0 saturated heterocycles. The zero-order valence-corrected chi connectivity index (χ0v) is 16.0. The van der Waals surface area contributed by atoms with Gasteiger partial charge in [0.05, 0.1) is 18.7 Å². The second-order valence-electron chi connectivity index (χ2n) is 6.21. The minimum absolute atomic E-state index is 0.295. The highest BCUT2D eigenvalue weighted by Crippen LogP contribution is 2.37. The number of fused-ring (bicyclic) bond motifs is 1. The third-order valence-corrected chi connectivity index (χ3v) is 5.58. The Morgan fingerprint density at radius 1 is 1.30 bits per heavy atom. The highest BCUT2D eigenvalue weighted by Gasteiger charge is 2.30. The average Bonchev–Trinajstić information content (AvgIpc) is 2.99. The SMILES string of the molecule is CCOC(=O)N1CCc2c(sc(NC(=O)c3ccccc3C)c2C(N)=O)C1. The molecule has 1 aromatic heterocycles. The first-order chi connectivity index (χ1) is 12.9. The summed E-state index contributed by atoms with van der Waals surface area (Å²) in [5.41, 5.74) is 8.09. The minimum Gasteiger partial charge on any atom is -0.450 e. The maximum absolute atomic E-state index is 12.6. The number of nitrogens with zero attached hydrogens (tertiary/aromatic N) is 1. The van der Waals surface area contributed by atoms with Gasteiger partial charge in [0, 0.05) is 17.0 Å². The van der Waals surface area contributed by atoms with Crippen molar-refractivity contribution in [2.24, 2.45) is 5.73 Å². The number of nitrogens with one attached hydrogen (secondary N) is 1. The maximum Gasteiger partial charge on any atom is 0.410 e. The van der Waals surface area contributed by atoms with Crippen LogP contribution in [0.25, 0.3) is 0 Å². The van der Waals surface area contributed by atoms with E-state index in [0.29, 0.717) is 42.2 Å². The molecule has 3 rings (SSSR count). The van der Waals surface area contributed by atoms with Gasteiger partial charge >= 0.3 is 6.09 Å². The van der Waals surface area contributed by atoms with E-state index in [0.717, 1.165) is 16.0 Å². The summed E-state index contributed by atoms with van der Waals surface area (Å²) < 4.78 is 5.05. The third kappa shape index (κ3) is 3.80. The van der Waals surface area contributed by atoms with Gasteiger partial charge in [-0.25, -0.2) is 4.79 Å². The molecule has 3 amide bonds. The van der Waals surface area contributed by atoms with Crippen LogP contribution in [0.4, 0.5) is 9.80 Å². The Morgan fingerprint density at radius 2 is 2.04 bits per heavy atom. The summed E-state index contributed by atoms with van der Waals surface area (Å²) >= 11 is 1.28. The fourth-order valence-electron chi connectivity index (χ4n) is 3.12. The smallest absolute Gasteiger partial charge is 0.410 e. The minimum atomic E-state index is -0.586. The lowest BCUT2D eigenvalue weighted by Crippen LogP contribution is -2.36. The lowest BCUT2D eigenvalue weighted by molar-refractivity contribution is 0.0997. The number of nitrogens with two attached hydrogens (primary N) is 1. The quantitative estimate of drug-likeness (QED) is 0.842. The molecule has 1 aromatic carbocycles. The lowest BCUT2D eigenvalue weighted by atomic mass is 10.0. The molecule has 0 fully saturated rings. The predicted octanol–water partition coefficient (Wildman–Crippen LogP) is 2.92. The van der Waals surface area contributed by atoms with Crippen molar-refractivity contribution in [3.05, 3.63) is 51.4 Å². The molecule has 0 spiro atoms. The van der Waals surface area contributed by atoms with E-state index in [9.17, 15) is 14.4 Å². The van der Waals surface area contributed by atoms with Gasteiger partial charge in [-0.1, -0.05) is 18.2 Å². The van der Waals surface area contributed by atoms with Gasteiger partial charge in [0.1, 0.15) is 5.00 Å². The second-order valence-corrected chi connectivity index (χ2v) is 7.32. The first-order valence-corrected chi connectivity index (χ1v) is 9.47. The Morgan fingerprint density at radius 3 is 2.70 bits per heavy atom. The van der Waals surface area contributed by atoms with Gasteiger partial charge in [-0.3, -0.25) is 9.59 Å². The topological polar surface area (TPSA) is 102 Å². The summed E-state index contributed by atoms with van der Waals surface area (Å²) in [6.07, 6.45) is 0.103. The van der Waals surface area contributed by atoms with Crippen molar-refractivity contribution < 1.29 is 19.1 Å². The molecular weight excluding hydrogens is 366 g/mol. The van der Waals surface area contributed by atoms with Crippen LogP contribution in [0.3, 0.4) is 0 Å². The molecule has 0 saturated carbocycles. The van der Waals surface area contributed by atoms with Crippen molar-refractivity contribution in [1.82, 2.24) is 4.90 Å². The summed E-state index contributed by atoms with van der Waals surface area (Å²) in [6.45, 7) is 4.67. The van der Waals surface area contributed by atoms with Gasteiger partial charge in [-0.05, 0) is 37.5 Å². The van der Waals surface area contributed by atoms with E-state index in [4.69, 9.17) is 10.5 Å². The number of hydrogen-bond donors (Lipinski definition) is 2. The number of hydrogen-bond acceptors (Lipinski definition) is 5. The number of primary amides is 1. The summed E-state index contributed by atoms with van der Waals surface area (Å²) in [5, 5.41) is 3.24. The molecule has 27 heavy (non-hydrogen) atoms. The molecule has 8 heteroatoms. The first kappa shape index (κ1) is 18.9. The monoisotopic (exact) mass is 387 g/mol. The number of anilines is 1. The molecule has 2 heterocycles. The molecule has 1 aliphatic heterocycles. The predicted molar refractivity (Wildman–Crippen MR) is 103 cm³/mol. The van der Waals surface area contributed by atoms with Gasteiger partial charge < -0.3 is 20.7 Å². The van der Waals surface area contributed by atoms with Crippen molar-refractivity contribution in [3.63, 3.8) is 0 Å². The van der Waals surface area contributed by atoms with Gasteiger partial charge in [-0.15, -0.1) is 11.3 Å². The number of amides is 3. The van der Waals surface area contributed by atoms with E-state index in [-0.39, 0.29) is 12.0 Å². The Labute approximate surface area is 161 Å². The van der Waals surface area contributed by atoms with Crippen LogP contribution in [0.5, 0.6) is 0 Å². The van der Waals surface area contributed by atoms with Crippen molar-refractivity contribution in [2.75, 3.05) is 18.5 Å². The zero-order chi connectivity index (χ0) is 19.6.